The van der Waals surface area contributed by atoms with Gasteiger partial charge in [-0.2, -0.15) is 0 Å². The van der Waals surface area contributed by atoms with Crippen LogP contribution in [0.15, 0.2) is 69.0 Å². The second-order valence-electron chi connectivity index (χ2n) is 8.90. The topological polar surface area (TPSA) is 214 Å². The highest BCUT2D eigenvalue weighted by Crippen LogP contribution is 2.21. The lowest BCUT2D eigenvalue weighted by Gasteiger charge is -2.36. The van der Waals surface area contributed by atoms with Crippen LogP contribution in [0.1, 0.15) is 50.7 Å². The lowest BCUT2D eigenvalue weighted by Crippen LogP contribution is -2.54. The molecule has 1 fully saturated rings. The van der Waals surface area contributed by atoms with Gasteiger partial charge in [-0.15, -0.1) is 14.2 Å². The summed E-state index contributed by atoms with van der Waals surface area (Å²) in [5, 5.41) is 37.7. The summed E-state index contributed by atoms with van der Waals surface area (Å²) in [6, 6.07) is 8.63. The van der Waals surface area contributed by atoms with Crippen LogP contribution in [0.4, 0.5) is 0 Å². The molecule has 0 spiro atoms. The van der Waals surface area contributed by atoms with Gasteiger partial charge in [-0.3, -0.25) is 28.8 Å². The summed E-state index contributed by atoms with van der Waals surface area (Å²) in [5.74, 6) is -2.38. The number of rotatable bonds is 6. The van der Waals surface area contributed by atoms with E-state index in [4.69, 9.17) is 0 Å². The van der Waals surface area contributed by atoms with Crippen LogP contribution in [0.3, 0.4) is 0 Å². The average Bonchev–Trinajstić information content (AvgIpc) is 2.88. The van der Waals surface area contributed by atoms with Gasteiger partial charge < -0.3 is 31.6 Å². The number of amides is 3. The van der Waals surface area contributed by atoms with E-state index in [1.807, 2.05) is 0 Å². The first kappa shape index (κ1) is 26.7. The summed E-state index contributed by atoms with van der Waals surface area (Å²) in [5.41, 5.74) is -3.48. The monoisotopic (exact) mass is 540 g/mol. The molecule has 3 heterocycles. The van der Waals surface area contributed by atoms with Gasteiger partial charge >= 0.3 is 0 Å². The number of aromatic nitrogens is 3. The normalized spacial score (nSPS) is 18.6. The third kappa shape index (κ3) is 5.82. The van der Waals surface area contributed by atoms with Gasteiger partial charge in [0.2, 0.25) is 0 Å². The van der Waals surface area contributed by atoms with Crippen molar-refractivity contribution >= 4 is 17.7 Å². The predicted molar refractivity (Wildman–Crippen MR) is 131 cm³/mol. The molecule has 4 rings (SSSR count). The molecular formula is C24H24N6O9. The molecule has 1 aliphatic carbocycles. The van der Waals surface area contributed by atoms with Gasteiger partial charge in [0.1, 0.15) is 17.1 Å². The first-order valence-electron chi connectivity index (χ1n) is 11.7. The van der Waals surface area contributed by atoms with Gasteiger partial charge in [-0.1, -0.05) is 18.2 Å². The summed E-state index contributed by atoms with van der Waals surface area (Å²) in [6.07, 6.45) is 0.431. The summed E-state index contributed by atoms with van der Waals surface area (Å²) in [7, 11) is 0. The highest BCUT2D eigenvalue weighted by Gasteiger charge is 2.33. The zero-order chi connectivity index (χ0) is 28.3. The number of pyridine rings is 3. The van der Waals surface area contributed by atoms with E-state index in [1.54, 1.807) is 0 Å². The van der Waals surface area contributed by atoms with Gasteiger partial charge in [0.05, 0.1) is 0 Å². The van der Waals surface area contributed by atoms with Crippen molar-refractivity contribution in [2.75, 3.05) is 0 Å². The SMILES string of the molecule is O=C(NC1CC(NC(=O)c2cccc(=O)n2O)CC(NC(=O)c2cccc(=O)n2O)C1)c1cccc(=O)n1O. The second-order valence-corrected chi connectivity index (χ2v) is 8.90. The highest BCUT2D eigenvalue weighted by molar-refractivity contribution is 5.94. The Bertz CT molecular complexity index is 1410. The predicted octanol–water partition coefficient (Wildman–Crippen LogP) is -1.24. The Kier molecular flexibility index (Phi) is 7.51. The first-order chi connectivity index (χ1) is 18.5. The molecule has 0 atom stereocenters. The third-order valence-electron chi connectivity index (χ3n) is 6.20. The van der Waals surface area contributed by atoms with Crippen molar-refractivity contribution in [1.82, 2.24) is 30.1 Å². The maximum atomic E-state index is 12.8. The fourth-order valence-corrected chi connectivity index (χ4v) is 4.41. The number of carbonyl (C=O) groups excluding carboxylic acids is 3. The van der Waals surface area contributed by atoms with Gasteiger partial charge in [-0.25, -0.2) is 0 Å². The third-order valence-corrected chi connectivity index (χ3v) is 6.20. The molecule has 39 heavy (non-hydrogen) atoms. The van der Waals surface area contributed by atoms with Crippen molar-refractivity contribution in [3.63, 3.8) is 0 Å². The number of nitrogens with zero attached hydrogens (tertiary/aromatic N) is 3. The van der Waals surface area contributed by atoms with Crippen molar-refractivity contribution in [2.45, 2.75) is 37.4 Å². The van der Waals surface area contributed by atoms with E-state index in [9.17, 15) is 44.4 Å². The van der Waals surface area contributed by atoms with Crippen molar-refractivity contribution in [3.8, 4) is 0 Å². The standard InChI is InChI=1S/C24H24N6O9/c31-19-7-1-4-16(28(19)37)22(34)25-13-10-14(26-23(35)17-5-2-8-20(32)29(17)38)12-15(11-13)27-24(36)18-6-3-9-21(33)30(18)39/h1-9,13-15,37-39H,10-12H2,(H,25,34)(H,26,35)(H,27,36). The average molecular weight is 540 g/mol. The van der Waals surface area contributed by atoms with Crippen LogP contribution in [-0.2, 0) is 0 Å². The molecule has 0 bridgehead atoms. The van der Waals surface area contributed by atoms with Gasteiger partial charge in [0.15, 0.2) is 0 Å². The lowest BCUT2D eigenvalue weighted by molar-refractivity contribution is 0.0814. The maximum absolute atomic E-state index is 12.8. The molecule has 0 saturated heterocycles. The number of nitrogens with one attached hydrogen (secondary N) is 3. The van der Waals surface area contributed by atoms with Crippen molar-refractivity contribution in [1.29, 1.82) is 0 Å². The van der Waals surface area contributed by atoms with Crippen LogP contribution in [-0.4, -0.2) is 65.7 Å². The van der Waals surface area contributed by atoms with Crippen LogP contribution < -0.4 is 32.6 Å². The van der Waals surface area contributed by atoms with E-state index in [2.05, 4.69) is 16.0 Å². The first-order valence-corrected chi connectivity index (χ1v) is 11.7. The zero-order valence-corrected chi connectivity index (χ0v) is 20.2. The Morgan fingerprint density at radius 3 is 1.05 bits per heavy atom. The van der Waals surface area contributed by atoms with Crippen LogP contribution in [0, 0.1) is 0 Å². The fourth-order valence-electron chi connectivity index (χ4n) is 4.41. The van der Waals surface area contributed by atoms with E-state index in [0.717, 1.165) is 18.2 Å². The molecule has 15 nitrogen and oxygen atoms in total. The lowest BCUT2D eigenvalue weighted by atomic mass is 9.86. The van der Waals surface area contributed by atoms with Gasteiger partial charge in [-0.05, 0) is 37.5 Å². The molecule has 15 heteroatoms. The van der Waals surface area contributed by atoms with E-state index in [0.29, 0.717) is 0 Å². The largest absolute Gasteiger partial charge is 0.425 e. The van der Waals surface area contributed by atoms with Gasteiger partial charge in [0, 0.05) is 36.3 Å². The van der Waals surface area contributed by atoms with Crippen LogP contribution in [0.25, 0.3) is 0 Å². The van der Waals surface area contributed by atoms with E-state index in [-0.39, 0.29) is 50.5 Å². The van der Waals surface area contributed by atoms with Crippen LogP contribution >= 0.6 is 0 Å². The van der Waals surface area contributed by atoms with E-state index >= 15 is 0 Å². The van der Waals surface area contributed by atoms with Crippen molar-refractivity contribution < 1.29 is 30.0 Å². The number of hydrogen-bond acceptors (Lipinski definition) is 9. The molecule has 6 N–H and O–H groups in total. The molecule has 3 aromatic heterocycles. The van der Waals surface area contributed by atoms with E-state index in [1.165, 1.54) is 36.4 Å². The molecule has 3 aromatic rings. The van der Waals surface area contributed by atoms with Crippen LogP contribution in [0.2, 0.25) is 0 Å². The van der Waals surface area contributed by atoms with Crippen molar-refractivity contribution in [3.05, 3.63) is 103 Å². The molecule has 0 aliphatic heterocycles. The van der Waals surface area contributed by atoms with E-state index < -0.39 is 52.5 Å². The van der Waals surface area contributed by atoms with Crippen molar-refractivity contribution in [2.24, 2.45) is 0 Å². The second kappa shape index (κ2) is 11.0. The molecule has 0 radical (unpaired) electrons. The quantitative estimate of drug-likeness (QED) is 0.206. The minimum Gasteiger partial charge on any atom is -0.425 e. The maximum Gasteiger partial charge on any atom is 0.283 e. The molecular weight excluding hydrogens is 516 g/mol. The molecule has 204 valence electrons. The minimum atomic E-state index is -0.822. The Morgan fingerprint density at radius 1 is 0.538 bits per heavy atom. The molecule has 3 amide bonds. The molecule has 0 unspecified atom stereocenters. The summed E-state index contributed by atoms with van der Waals surface area (Å²) >= 11 is 0. The number of hydrogen-bond donors (Lipinski definition) is 6. The molecule has 1 saturated carbocycles. The Morgan fingerprint density at radius 2 is 0.795 bits per heavy atom. The Hall–Kier alpha value is -5.34. The zero-order valence-electron chi connectivity index (χ0n) is 20.2. The fraction of sp³-hybridized carbons (Fsp3) is 0.250. The summed E-state index contributed by atoms with van der Waals surface area (Å²) in [4.78, 5) is 73.5. The van der Waals surface area contributed by atoms with Gasteiger partial charge in [0.25, 0.3) is 34.4 Å². The Balaban J connectivity index is 1.56. The Labute approximate surface area is 218 Å². The highest BCUT2D eigenvalue weighted by atomic mass is 16.5. The summed E-state index contributed by atoms with van der Waals surface area (Å²) in [6.45, 7) is 0. The summed E-state index contributed by atoms with van der Waals surface area (Å²) < 4.78 is 0.549. The minimum absolute atomic E-state index is 0.144. The van der Waals surface area contributed by atoms with Crippen LogP contribution in [0.5, 0.6) is 0 Å². The molecule has 0 aromatic carbocycles. The number of carbonyl (C=O) groups is 3. The smallest absolute Gasteiger partial charge is 0.283 e. The molecule has 1 aliphatic rings.